The lowest BCUT2D eigenvalue weighted by atomic mass is 10.4. The van der Waals surface area contributed by atoms with Crippen LogP contribution in [0.1, 0.15) is 26.7 Å². The van der Waals surface area contributed by atoms with E-state index in [1.165, 1.54) is 25.9 Å². The van der Waals surface area contributed by atoms with E-state index < -0.39 is 0 Å². The summed E-state index contributed by atoms with van der Waals surface area (Å²) in [7, 11) is 0. The normalized spacial score (nSPS) is 8.25. The molecule has 0 aliphatic carbocycles. The van der Waals surface area contributed by atoms with Crippen molar-refractivity contribution in [2.45, 2.75) is 26.7 Å². The van der Waals surface area contributed by atoms with Crippen LogP contribution in [0.15, 0.2) is 0 Å². The average Bonchev–Trinajstić information content (AvgIpc) is 1.69. The van der Waals surface area contributed by atoms with Crippen LogP contribution >= 0.6 is 0 Å². The highest BCUT2D eigenvalue weighted by Gasteiger charge is 1.80. The predicted octanol–water partition coefficient (Wildman–Crippen LogP) is -2.63. The molecule has 0 aromatic carbocycles. The van der Waals surface area contributed by atoms with E-state index >= 15 is 0 Å². The summed E-state index contributed by atoms with van der Waals surface area (Å²) in [6, 6.07) is 0. The van der Waals surface area contributed by atoms with Gasteiger partial charge in [-0.2, -0.15) is 0 Å². The Morgan fingerprint density at radius 3 is 1.62 bits per heavy atom. The van der Waals surface area contributed by atoms with Gasteiger partial charge in [-0.25, -0.2) is 0 Å². The highest BCUT2D eigenvalue weighted by molar-refractivity contribution is 4.17. The summed E-state index contributed by atoms with van der Waals surface area (Å²) in [6.07, 6.45) is 2.61. The first-order chi connectivity index (χ1) is 3.41. The third-order valence-electron chi connectivity index (χ3n) is 0.986. The third-order valence-corrected chi connectivity index (χ3v) is 0.986. The fourth-order valence-electron chi connectivity index (χ4n) is 0.553. The topological polar surface area (TPSA) is 16.6 Å². The minimum absolute atomic E-state index is 0. The molecule has 0 heterocycles. The summed E-state index contributed by atoms with van der Waals surface area (Å²) >= 11 is 0. The molecule has 2 N–H and O–H groups in total. The summed E-state index contributed by atoms with van der Waals surface area (Å²) in [5.41, 5.74) is 0. The van der Waals surface area contributed by atoms with Gasteiger partial charge >= 0.3 is 0 Å². The summed E-state index contributed by atoms with van der Waals surface area (Å²) in [4.78, 5) is 0. The molecular formula is C6H16BrN. The standard InChI is InChI=1S/C6H15N.BrH/c1-3-5-7-6-4-2;/h7H,3-6H2,1-2H3;1H. The summed E-state index contributed by atoms with van der Waals surface area (Å²) in [5, 5.41) is 2.36. The van der Waals surface area contributed by atoms with Crippen LogP contribution in [0.3, 0.4) is 0 Å². The maximum absolute atomic E-state index is 2.36. The van der Waals surface area contributed by atoms with E-state index in [4.69, 9.17) is 0 Å². The fourth-order valence-corrected chi connectivity index (χ4v) is 0.553. The number of rotatable bonds is 4. The number of quaternary nitrogens is 1. The van der Waals surface area contributed by atoms with Crippen LogP contribution in [0.4, 0.5) is 0 Å². The largest absolute Gasteiger partial charge is 1.00 e. The van der Waals surface area contributed by atoms with E-state index in [1.807, 2.05) is 0 Å². The quantitative estimate of drug-likeness (QED) is 0.458. The van der Waals surface area contributed by atoms with E-state index in [1.54, 1.807) is 0 Å². The van der Waals surface area contributed by atoms with Crippen molar-refractivity contribution in [1.29, 1.82) is 0 Å². The molecule has 0 atom stereocenters. The molecule has 1 nitrogen and oxygen atoms in total. The molecule has 0 rings (SSSR count). The van der Waals surface area contributed by atoms with Gasteiger partial charge in [0.25, 0.3) is 0 Å². The Morgan fingerprint density at radius 2 is 1.38 bits per heavy atom. The summed E-state index contributed by atoms with van der Waals surface area (Å²) in [5.74, 6) is 0. The van der Waals surface area contributed by atoms with Crippen molar-refractivity contribution in [3.63, 3.8) is 0 Å². The molecule has 0 fully saturated rings. The number of hydrogen-bond donors (Lipinski definition) is 1. The Kier molecular flexibility index (Phi) is 14.7. The van der Waals surface area contributed by atoms with Crippen LogP contribution in [-0.4, -0.2) is 13.1 Å². The molecule has 0 aliphatic heterocycles. The van der Waals surface area contributed by atoms with Crippen molar-refractivity contribution in [2.75, 3.05) is 13.1 Å². The second kappa shape index (κ2) is 10.4. The second-order valence-corrected chi connectivity index (χ2v) is 1.87. The molecule has 0 radical (unpaired) electrons. The smallest absolute Gasteiger partial charge is 0.0752 e. The molecule has 0 bridgehead atoms. The minimum atomic E-state index is 0. The van der Waals surface area contributed by atoms with Gasteiger partial charge in [-0.1, -0.05) is 13.8 Å². The van der Waals surface area contributed by atoms with Crippen molar-refractivity contribution in [2.24, 2.45) is 0 Å². The van der Waals surface area contributed by atoms with Crippen LogP contribution in [-0.2, 0) is 0 Å². The van der Waals surface area contributed by atoms with E-state index in [0.29, 0.717) is 0 Å². The number of hydrogen-bond acceptors (Lipinski definition) is 0. The van der Waals surface area contributed by atoms with Crippen LogP contribution in [0.5, 0.6) is 0 Å². The van der Waals surface area contributed by atoms with E-state index in [9.17, 15) is 0 Å². The van der Waals surface area contributed by atoms with Crippen molar-refractivity contribution < 1.29 is 22.3 Å². The first-order valence-electron chi connectivity index (χ1n) is 3.23. The molecule has 8 heavy (non-hydrogen) atoms. The minimum Gasteiger partial charge on any atom is -1.00 e. The first-order valence-corrected chi connectivity index (χ1v) is 3.23. The maximum Gasteiger partial charge on any atom is 0.0752 e. The Labute approximate surface area is 62.6 Å². The van der Waals surface area contributed by atoms with Gasteiger partial charge in [-0.3, -0.25) is 0 Å². The zero-order valence-electron chi connectivity index (χ0n) is 5.78. The molecule has 0 aliphatic rings. The molecule has 0 unspecified atom stereocenters. The van der Waals surface area contributed by atoms with Crippen molar-refractivity contribution in [3.05, 3.63) is 0 Å². The highest BCUT2D eigenvalue weighted by atomic mass is 79.9. The lowest BCUT2D eigenvalue weighted by Crippen LogP contribution is -3.00. The Bertz CT molecular complexity index is 27.7. The molecule has 0 aromatic heterocycles. The van der Waals surface area contributed by atoms with Crippen molar-refractivity contribution in [3.8, 4) is 0 Å². The Hall–Kier alpha value is 0.440. The highest BCUT2D eigenvalue weighted by Crippen LogP contribution is 1.62. The van der Waals surface area contributed by atoms with E-state index in [0.717, 1.165) is 0 Å². The third kappa shape index (κ3) is 9.67. The molecular weight excluding hydrogens is 166 g/mol. The summed E-state index contributed by atoms with van der Waals surface area (Å²) in [6.45, 7) is 7.03. The Morgan fingerprint density at radius 1 is 1.00 bits per heavy atom. The van der Waals surface area contributed by atoms with Crippen LogP contribution < -0.4 is 22.3 Å². The van der Waals surface area contributed by atoms with Gasteiger partial charge in [0.2, 0.25) is 0 Å². The zero-order valence-corrected chi connectivity index (χ0v) is 7.37. The monoisotopic (exact) mass is 181 g/mol. The van der Waals surface area contributed by atoms with Crippen LogP contribution in [0.25, 0.3) is 0 Å². The average molecular weight is 182 g/mol. The summed E-state index contributed by atoms with van der Waals surface area (Å²) < 4.78 is 0. The van der Waals surface area contributed by atoms with Gasteiger partial charge in [0.05, 0.1) is 13.1 Å². The predicted molar refractivity (Wildman–Crippen MR) is 32.2 cm³/mol. The van der Waals surface area contributed by atoms with Crippen molar-refractivity contribution in [1.82, 2.24) is 0 Å². The van der Waals surface area contributed by atoms with Gasteiger partial charge in [-0.15, -0.1) is 0 Å². The molecule has 0 saturated heterocycles. The number of nitrogens with two attached hydrogens (primary N) is 1. The van der Waals surface area contributed by atoms with Crippen LogP contribution in [0, 0.1) is 0 Å². The first kappa shape index (κ1) is 11.3. The Balaban J connectivity index is 0. The van der Waals surface area contributed by atoms with Crippen molar-refractivity contribution >= 4 is 0 Å². The number of halogens is 1. The van der Waals surface area contributed by atoms with E-state index in [2.05, 4.69) is 19.2 Å². The zero-order chi connectivity index (χ0) is 5.54. The van der Waals surface area contributed by atoms with E-state index in [-0.39, 0.29) is 17.0 Å². The van der Waals surface area contributed by atoms with Gasteiger partial charge in [0.15, 0.2) is 0 Å². The SMILES string of the molecule is CCC[NH2+]CCC.[Br-]. The molecule has 0 aromatic rings. The van der Waals surface area contributed by atoms with Gasteiger partial charge in [0.1, 0.15) is 0 Å². The second-order valence-electron chi connectivity index (χ2n) is 1.87. The molecule has 52 valence electrons. The molecule has 0 amide bonds. The maximum atomic E-state index is 2.36. The van der Waals surface area contributed by atoms with Gasteiger partial charge in [-0.05, 0) is 12.8 Å². The fraction of sp³-hybridized carbons (Fsp3) is 1.00. The lowest BCUT2D eigenvalue weighted by molar-refractivity contribution is -0.654. The van der Waals surface area contributed by atoms with Gasteiger partial charge in [0, 0.05) is 0 Å². The lowest BCUT2D eigenvalue weighted by Gasteiger charge is -1.92. The molecule has 2 heteroatoms. The van der Waals surface area contributed by atoms with Crippen LogP contribution in [0.2, 0.25) is 0 Å². The molecule has 0 spiro atoms. The molecule has 0 saturated carbocycles. The van der Waals surface area contributed by atoms with Gasteiger partial charge < -0.3 is 22.3 Å².